The Labute approximate surface area is 153 Å². The number of nitro groups is 1. The zero-order chi connectivity index (χ0) is 19.6. The molecule has 26 heavy (non-hydrogen) atoms. The molecule has 0 radical (unpaired) electrons. The van der Waals surface area contributed by atoms with Crippen LogP contribution in [0.5, 0.6) is 0 Å². The summed E-state index contributed by atoms with van der Waals surface area (Å²) >= 11 is 3.28. The van der Waals surface area contributed by atoms with Gasteiger partial charge in [0.15, 0.2) is 0 Å². The molecule has 2 aromatic heterocycles. The molecule has 2 aromatic rings. The summed E-state index contributed by atoms with van der Waals surface area (Å²) in [5.41, 5.74) is -2.45. The largest absolute Gasteiger partial charge is 0.442 e. The normalized spacial score (nSPS) is 11.6. The van der Waals surface area contributed by atoms with Crippen molar-refractivity contribution in [2.24, 2.45) is 0 Å². The number of aromatic nitrogens is 4. The first-order valence-corrected chi connectivity index (χ1v) is 8.11. The van der Waals surface area contributed by atoms with Gasteiger partial charge in [-0.2, -0.15) is 23.4 Å². The van der Waals surface area contributed by atoms with E-state index in [0.29, 0.717) is 21.4 Å². The van der Waals surface area contributed by atoms with Crippen LogP contribution in [0.15, 0.2) is 10.7 Å². The average molecular weight is 439 g/mol. The Kier molecular flexibility index (Phi) is 5.68. The summed E-state index contributed by atoms with van der Waals surface area (Å²) in [6, 6.07) is 0. The molecule has 0 aliphatic rings. The van der Waals surface area contributed by atoms with Crippen molar-refractivity contribution >= 4 is 27.5 Å². The van der Waals surface area contributed by atoms with Crippen molar-refractivity contribution in [3.05, 3.63) is 37.9 Å². The summed E-state index contributed by atoms with van der Waals surface area (Å²) in [4.78, 5) is 21.8. The minimum atomic E-state index is -4.99. The number of alkyl halides is 3. The summed E-state index contributed by atoms with van der Waals surface area (Å²) in [6.45, 7) is 3.03. The molecule has 0 aliphatic carbocycles. The maximum absolute atomic E-state index is 12.9. The van der Waals surface area contributed by atoms with Gasteiger partial charge in [0.05, 0.1) is 27.8 Å². The standard InChI is InChI=1S/C13H14BrF3N6O3/c1-3-21-9(8(14)4-19-21)5-18-10(24)6-22-7(2)11(23(25)26)12(20-22)13(15,16)17/h4H,3,5-6H2,1-2H3,(H,18,24). The Bertz CT molecular complexity index is 845. The van der Waals surface area contributed by atoms with E-state index >= 15 is 0 Å². The number of nitrogens with zero attached hydrogens (tertiary/aromatic N) is 5. The van der Waals surface area contributed by atoms with E-state index in [1.807, 2.05) is 6.92 Å². The monoisotopic (exact) mass is 438 g/mol. The zero-order valence-electron chi connectivity index (χ0n) is 13.7. The number of hydrogen-bond donors (Lipinski definition) is 1. The Morgan fingerprint density at radius 3 is 2.58 bits per heavy atom. The highest BCUT2D eigenvalue weighted by atomic mass is 79.9. The number of carbonyl (C=O) groups excluding carboxylic acids is 1. The molecule has 0 unspecified atom stereocenters. The SMILES string of the molecule is CCn1ncc(Br)c1CNC(=O)Cn1nc(C(F)(F)F)c([N+](=O)[O-])c1C. The van der Waals surface area contributed by atoms with Gasteiger partial charge in [-0.05, 0) is 29.8 Å². The quantitative estimate of drug-likeness (QED) is 0.550. The van der Waals surface area contributed by atoms with Crippen LogP contribution in [0.2, 0.25) is 0 Å². The second-order valence-corrected chi connectivity index (χ2v) is 6.08. The van der Waals surface area contributed by atoms with Crippen LogP contribution in [0.1, 0.15) is 24.0 Å². The van der Waals surface area contributed by atoms with Gasteiger partial charge in [-0.15, -0.1) is 0 Å². The lowest BCUT2D eigenvalue weighted by molar-refractivity contribution is -0.388. The van der Waals surface area contributed by atoms with E-state index in [9.17, 15) is 28.1 Å². The summed E-state index contributed by atoms with van der Waals surface area (Å²) in [7, 11) is 0. The number of aryl methyl sites for hydroxylation is 1. The smallest absolute Gasteiger partial charge is 0.349 e. The van der Waals surface area contributed by atoms with E-state index in [4.69, 9.17) is 0 Å². The van der Waals surface area contributed by atoms with Crippen LogP contribution in [0.3, 0.4) is 0 Å². The van der Waals surface area contributed by atoms with E-state index < -0.39 is 34.9 Å². The van der Waals surface area contributed by atoms with E-state index in [-0.39, 0.29) is 12.2 Å². The third kappa shape index (κ3) is 4.03. The lowest BCUT2D eigenvalue weighted by Gasteiger charge is -2.08. The number of amides is 1. The summed E-state index contributed by atoms with van der Waals surface area (Å²) in [5.74, 6) is -0.644. The first kappa shape index (κ1) is 19.9. The maximum atomic E-state index is 12.9. The third-order valence-electron chi connectivity index (χ3n) is 3.57. The van der Waals surface area contributed by atoms with E-state index in [1.54, 1.807) is 10.9 Å². The molecule has 0 aliphatic heterocycles. The van der Waals surface area contributed by atoms with Crippen LogP contribution in [-0.4, -0.2) is 30.4 Å². The van der Waals surface area contributed by atoms with Crippen molar-refractivity contribution in [1.29, 1.82) is 0 Å². The zero-order valence-corrected chi connectivity index (χ0v) is 15.3. The summed E-state index contributed by atoms with van der Waals surface area (Å²) in [5, 5.41) is 20.7. The number of nitrogens with one attached hydrogen (secondary N) is 1. The van der Waals surface area contributed by atoms with E-state index in [2.05, 4.69) is 31.4 Å². The molecule has 0 atom stereocenters. The molecule has 0 fully saturated rings. The molecule has 0 spiro atoms. The fourth-order valence-electron chi connectivity index (χ4n) is 2.31. The van der Waals surface area contributed by atoms with Crippen molar-refractivity contribution in [2.45, 2.75) is 39.7 Å². The average Bonchev–Trinajstić information content (AvgIpc) is 3.05. The molecule has 0 saturated carbocycles. The van der Waals surface area contributed by atoms with Gasteiger partial charge >= 0.3 is 11.9 Å². The van der Waals surface area contributed by atoms with Gasteiger partial charge in [-0.1, -0.05) is 0 Å². The molecule has 2 rings (SSSR count). The fourth-order valence-corrected chi connectivity index (χ4v) is 2.75. The number of hydrogen-bond acceptors (Lipinski definition) is 5. The fraction of sp³-hybridized carbons (Fsp3) is 0.462. The van der Waals surface area contributed by atoms with Crippen LogP contribution in [-0.2, 0) is 30.6 Å². The lowest BCUT2D eigenvalue weighted by Crippen LogP contribution is -2.29. The lowest BCUT2D eigenvalue weighted by atomic mass is 10.3. The molecule has 1 amide bonds. The van der Waals surface area contributed by atoms with Gasteiger partial charge in [0.1, 0.15) is 12.2 Å². The first-order valence-electron chi connectivity index (χ1n) is 7.32. The Morgan fingerprint density at radius 2 is 2.08 bits per heavy atom. The van der Waals surface area contributed by atoms with Crippen LogP contribution < -0.4 is 5.32 Å². The summed E-state index contributed by atoms with van der Waals surface area (Å²) < 4.78 is 41.7. The highest BCUT2D eigenvalue weighted by Crippen LogP contribution is 2.36. The molecule has 13 heteroatoms. The maximum Gasteiger partial charge on any atom is 0.442 e. The van der Waals surface area contributed by atoms with E-state index in [1.165, 1.54) is 0 Å². The van der Waals surface area contributed by atoms with Crippen molar-refractivity contribution in [3.8, 4) is 0 Å². The van der Waals surface area contributed by atoms with Crippen molar-refractivity contribution < 1.29 is 22.9 Å². The van der Waals surface area contributed by atoms with Gasteiger partial charge in [0, 0.05) is 6.54 Å². The molecule has 0 aromatic carbocycles. The number of carbonyl (C=O) groups is 1. The van der Waals surface area contributed by atoms with Crippen LogP contribution in [0, 0.1) is 17.0 Å². The molecule has 0 bridgehead atoms. The Balaban J connectivity index is 2.17. The molecule has 1 N–H and O–H groups in total. The van der Waals surface area contributed by atoms with Crippen molar-refractivity contribution in [2.75, 3.05) is 0 Å². The van der Waals surface area contributed by atoms with Gasteiger partial charge in [0.25, 0.3) is 0 Å². The van der Waals surface area contributed by atoms with Gasteiger partial charge in [-0.3, -0.25) is 24.3 Å². The number of halogens is 4. The van der Waals surface area contributed by atoms with Crippen molar-refractivity contribution in [1.82, 2.24) is 24.9 Å². The second-order valence-electron chi connectivity index (χ2n) is 5.23. The minimum Gasteiger partial charge on any atom is -0.349 e. The first-order chi connectivity index (χ1) is 12.1. The van der Waals surface area contributed by atoms with Gasteiger partial charge in [-0.25, -0.2) is 0 Å². The van der Waals surface area contributed by atoms with E-state index in [0.717, 1.165) is 6.92 Å². The molecular weight excluding hydrogens is 425 g/mol. The highest BCUT2D eigenvalue weighted by Gasteiger charge is 2.44. The molecule has 142 valence electrons. The molecule has 0 saturated heterocycles. The predicted molar refractivity (Wildman–Crippen MR) is 86.1 cm³/mol. The topological polar surface area (TPSA) is 108 Å². The molecular formula is C13H14BrF3N6O3. The third-order valence-corrected chi connectivity index (χ3v) is 4.23. The van der Waals surface area contributed by atoms with Crippen molar-refractivity contribution in [3.63, 3.8) is 0 Å². The molecule has 9 nitrogen and oxygen atoms in total. The molecule has 2 heterocycles. The Morgan fingerprint density at radius 1 is 1.42 bits per heavy atom. The second kappa shape index (κ2) is 7.43. The van der Waals surface area contributed by atoms with Gasteiger partial charge < -0.3 is 5.32 Å². The van der Waals surface area contributed by atoms with Crippen LogP contribution in [0.25, 0.3) is 0 Å². The Hall–Kier alpha value is -2.44. The minimum absolute atomic E-state index is 0.0851. The highest BCUT2D eigenvalue weighted by molar-refractivity contribution is 9.10. The summed E-state index contributed by atoms with van der Waals surface area (Å²) in [6.07, 6.45) is -3.44. The van der Waals surface area contributed by atoms with Crippen LogP contribution >= 0.6 is 15.9 Å². The van der Waals surface area contributed by atoms with Crippen LogP contribution in [0.4, 0.5) is 18.9 Å². The number of rotatable bonds is 6. The van der Waals surface area contributed by atoms with Gasteiger partial charge in [0.2, 0.25) is 11.6 Å². The predicted octanol–water partition coefficient (Wildman–Crippen LogP) is 2.41.